The first-order chi connectivity index (χ1) is 8.36. The number of benzene rings is 1. The largest absolute Gasteiger partial charge is 0.439 e. The van der Waals surface area contributed by atoms with Crippen LogP contribution in [0.2, 0.25) is 0 Å². The molecule has 0 spiro atoms. The van der Waals surface area contributed by atoms with Gasteiger partial charge in [-0.2, -0.15) is 0 Å². The average molecular weight is 230 g/mol. The summed E-state index contributed by atoms with van der Waals surface area (Å²) in [6, 6.07) is 8.26. The second-order valence-corrected chi connectivity index (χ2v) is 4.83. The fourth-order valence-corrected chi connectivity index (χ4v) is 2.59. The van der Waals surface area contributed by atoms with Crippen LogP contribution in [-0.4, -0.2) is 11.5 Å². The van der Waals surface area contributed by atoms with Crippen LogP contribution in [-0.2, 0) is 0 Å². The minimum absolute atomic E-state index is 0.293. The van der Waals surface area contributed by atoms with Gasteiger partial charge in [-0.1, -0.05) is 25.5 Å². The zero-order valence-corrected chi connectivity index (χ0v) is 10.1. The van der Waals surface area contributed by atoms with Crippen molar-refractivity contribution in [2.45, 2.75) is 32.2 Å². The van der Waals surface area contributed by atoms with Gasteiger partial charge < -0.3 is 9.73 Å². The molecule has 2 heterocycles. The van der Waals surface area contributed by atoms with E-state index in [2.05, 4.69) is 17.2 Å². The third-order valence-electron chi connectivity index (χ3n) is 3.70. The third kappa shape index (κ3) is 2.07. The minimum Gasteiger partial charge on any atom is -0.439 e. The smallest absolute Gasteiger partial charge is 0.212 e. The molecule has 3 rings (SSSR count). The summed E-state index contributed by atoms with van der Waals surface area (Å²) in [6.45, 7) is 3.33. The highest BCUT2D eigenvalue weighted by Gasteiger charge is 2.25. The van der Waals surface area contributed by atoms with Crippen LogP contribution in [0.15, 0.2) is 28.7 Å². The molecule has 2 aromatic rings. The summed E-state index contributed by atoms with van der Waals surface area (Å²) >= 11 is 0. The fourth-order valence-electron chi connectivity index (χ4n) is 2.59. The van der Waals surface area contributed by atoms with E-state index in [0.29, 0.717) is 6.04 Å². The first-order valence-electron chi connectivity index (χ1n) is 6.45. The van der Waals surface area contributed by atoms with Crippen molar-refractivity contribution in [1.29, 1.82) is 0 Å². The molecule has 2 atom stereocenters. The Kier molecular flexibility index (Phi) is 2.85. The quantitative estimate of drug-likeness (QED) is 0.860. The van der Waals surface area contributed by atoms with E-state index in [0.717, 1.165) is 35.9 Å². The lowest BCUT2D eigenvalue weighted by Gasteiger charge is -2.27. The third-order valence-corrected chi connectivity index (χ3v) is 3.70. The number of nitrogens with one attached hydrogen (secondary N) is 1. The molecule has 1 aromatic carbocycles. The fraction of sp³-hybridized carbons (Fsp3) is 0.500. The van der Waals surface area contributed by atoms with E-state index in [-0.39, 0.29) is 0 Å². The SMILES string of the molecule is CCC1CCNC(c2nc3ccccc3o2)C1. The van der Waals surface area contributed by atoms with Crippen molar-refractivity contribution in [3.63, 3.8) is 0 Å². The zero-order chi connectivity index (χ0) is 11.7. The zero-order valence-electron chi connectivity index (χ0n) is 10.1. The maximum Gasteiger partial charge on any atom is 0.212 e. The van der Waals surface area contributed by atoms with Crippen LogP contribution in [0.5, 0.6) is 0 Å². The Hall–Kier alpha value is -1.35. The van der Waals surface area contributed by atoms with E-state index >= 15 is 0 Å². The molecular formula is C14H18N2O. The molecule has 1 aliphatic rings. The van der Waals surface area contributed by atoms with Crippen molar-refractivity contribution in [3.8, 4) is 0 Å². The van der Waals surface area contributed by atoms with Crippen LogP contribution >= 0.6 is 0 Å². The summed E-state index contributed by atoms with van der Waals surface area (Å²) in [5.41, 5.74) is 1.85. The lowest BCUT2D eigenvalue weighted by molar-refractivity contribution is 0.268. The molecule has 0 radical (unpaired) electrons. The van der Waals surface area contributed by atoms with E-state index in [4.69, 9.17) is 4.42 Å². The van der Waals surface area contributed by atoms with Gasteiger partial charge in [-0.3, -0.25) is 0 Å². The minimum atomic E-state index is 0.293. The number of hydrogen-bond acceptors (Lipinski definition) is 3. The molecule has 0 bridgehead atoms. The predicted octanol–water partition coefficient (Wildman–Crippen LogP) is 3.28. The van der Waals surface area contributed by atoms with Gasteiger partial charge in [-0.25, -0.2) is 4.98 Å². The van der Waals surface area contributed by atoms with Crippen LogP contribution in [0.3, 0.4) is 0 Å². The number of nitrogens with zero attached hydrogens (tertiary/aromatic N) is 1. The van der Waals surface area contributed by atoms with Crippen LogP contribution in [0.4, 0.5) is 0 Å². The summed E-state index contributed by atoms with van der Waals surface area (Å²) in [5, 5.41) is 3.50. The first kappa shape index (κ1) is 10.8. The van der Waals surface area contributed by atoms with Gasteiger partial charge in [-0.15, -0.1) is 0 Å². The molecule has 3 nitrogen and oxygen atoms in total. The summed E-state index contributed by atoms with van der Waals surface area (Å²) < 4.78 is 5.83. The molecular weight excluding hydrogens is 212 g/mol. The van der Waals surface area contributed by atoms with Crippen molar-refractivity contribution in [1.82, 2.24) is 10.3 Å². The molecule has 1 saturated heterocycles. The Morgan fingerprint density at radius 1 is 1.41 bits per heavy atom. The normalized spacial score (nSPS) is 25.2. The van der Waals surface area contributed by atoms with Gasteiger partial charge in [0.25, 0.3) is 0 Å². The molecule has 3 heteroatoms. The van der Waals surface area contributed by atoms with Crippen LogP contribution in [0.25, 0.3) is 11.1 Å². The molecule has 0 aliphatic carbocycles. The summed E-state index contributed by atoms with van der Waals surface area (Å²) in [6.07, 6.45) is 3.66. The summed E-state index contributed by atoms with van der Waals surface area (Å²) in [7, 11) is 0. The van der Waals surface area contributed by atoms with Gasteiger partial charge in [0.1, 0.15) is 5.52 Å². The molecule has 1 aromatic heterocycles. The number of piperidine rings is 1. The van der Waals surface area contributed by atoms with Gasteiger partial charge in [0.15, 0.2) is 5.58 Å². The predicted molar refractivity (Wildman–Crippen MR) is 67.8 cm³/mol. The summed E-state index contributed by atoms with van der Waals surface area (Å²) in [5.74, 6) is 1.65. The number of fused-ring (bicyclic) bond motifs is 1. The maximum atomic E-state index is 5.83. The Labute approximate surface area is 101 Å². The second-order valence-electron chi connectivity index (χ2n) is 4.83. The van der Waals surface area contributed by atoms with Gasteiger partial charge in [0.05, 0.1) is 6.04 Å². The topological polar surface area (TPSA) is 38.1 Å². The van der Waals surface area contributed by atoms with Gasteiger partial charge in [0.2, 0.25) is 5.89 Å². The molecule has 2 unspecified atom stereocenters. The van der Waals surface area contributed by atoms with Crippen molar-refractivity contribution in [2.75, 3.05) is 6.54 Å². The van der Waals surface area contributed by atoms with E-state index in [1.807, 2.05) is 24.3 Å². The molecule has 1 fully saturated rings. The number of oxazole rings is 1. The van der Waals surface area contributed by atoms with E-state index in [9.17, 15) is 0 Å². The number of aromatic nitrogens is 1. The molecule has 0 amide bonds. The highest BCUT2D eigenvalue weighted by molar-refractivity contribution is 5.72. The summed E-state index contributed by atoms with van der Waals surface area (Å²) in [4.78, 5) is 4.58. The van der Waals surface area contributed by atoms with E-state index < -0.39 is 0 Å². The second kappa shape index (κ2) is 4.49. The maximum absolute atomic E-state index is 5.83. The van der Waals surface area contributed by atoms with Crippen molar-refractivity contribution in [2.24, 2.45) is 5.92 Å². The Balaban J connectivity index is 1.87. The van der Waals surface area contributed by atoms with Crippen LogP contribution in [0.1, 0.15) is 38.1 Å². The number of hydrogen-bond donors (Lipinski definition) is 1. The molecule has 17 heavy (non-hydrogen) atoms. The van der Waals surface area contributed by atoms with Gasteiger partial charge in [-0.05, 0) is 37.4 Å². The standard InChI is InChI=1S/C14H18N2O/c1-2-10-7-8-15-12(9-10)14-16-11-5-3-4-6-13(11)17-14/h3-6,10,12,15H,2,7-9H2,1H3. The average Bonchev–Trinajstić information content (AvgIpc) is 2.82. The molecule has 0 saturated carbocycles. The Bertz CT molecular complexity index is 473. The molecule has 90 valence electrons. The Morgan fingerprint density at radius 3 is 3.12 bits per heavy atom. The van der Waals surface area contributed by atoms with Gasteiger partial charge in [0, 0.05) is 0 Å². The lowest BCUT2D eigenvalue weighted by atomic mass is 9.90. The highest BCUT2D eigenvalue weighted by Crippen LogP contribution is 2.30. The first-order valence-corrected chi connectivity index (χ1v) is 6.45. The van der Waals surface area contributed by atoms with E-state index in [1.54, 1.807) is 0 Å². The monoisotopic (exact) mass is 230 g/mol. The van der Waals surface area contributed by atoms with E-state index in [1.165, 1.54) is 12.8 Å². The number of rotatable bonds is 2. The van der Waals surface area contributed by atoms with Gasteiger partial charge >= 0.3 is 0 Å². The highest BCUT2D eigenvalue weighted by atomic mass is 16.3. The van der Waals surface area contributed by atoms with Crippen molar-refractivity contribution in [3.05, 3.63) is 30.2 Å². The van der Waals surface area contributed by atoms with Crippen molar-refractivity contribution >= 4 is 11.1 Å². The lowest BCUT2D eigenvalue weighted by Crippen LogP contribution is -2.31. The van der Waals surface area contributed by atoms with Crippen LogP contribution < -0.4 is 5.32 Å². The Morgan fingerprint density at radius 2 is 2.29 bits per heavy atom. The van der Waals surface area contributed by atoms with Crippen LogP contribution in [0, 0.1) is 5.92 Å². The van der Waals surface area contributed by atoms with Crippen molar-refractivity contribution < 1.29 is 4.42 Å². The molecule has 1 N–H and O–H groups in total. The number of para-hydroxylation sites is 2. The molecule has 1 aliphatic heterocycles.